The van der Waals surface area contributed by atoms with Crippen LogP contribution in [0.25, 0.3) is 0 Å². The van der Waals surface area contributed by atoms with Crippen molar-refractivity contribution in [2.75, 3.05) is 26.2 Å². The summed E-state index contributed by atoms with van der Waals surface area (Å²) in [6.45, 7) is 9.50. The van der Waals surface area contributed by atoms with E-state index < -0.39 is 42.1 Å². The highest BCUT2D eigenvalue weighted by atomic mass is 16.7. The Balaban J connectivity index is 0.000000385. The largest absolute Gasteiger partial charge is 0.481 e. The third-order valence-electron chi connectivity index (χ3n) is 4.91. The van der Waals surface area contributed by atoms with Gasteiger partial charge in [-0.1, -0.05) is 26.0 Å². The first kappa shape index (κ1) is 28.7. The van der Waals surface area contributed by atoms with Crippen LogP contribution in [0.2, 0.25) is 0 Å². The van der Waals surface area contributed by atoms with E-state index in [0.29, 0.717) is 18.0 Å². The van der Waals surface area contributed by atoms with Crippen LogP contribution in [0.4, 0.5) is 0 Å². The molecule has 0 saturated carbocycles. The van der Waals surface area contributed by atoms with E-state index in [1.807, 2.05) is 24.3 Å². The first-order valence-corrected chi connectivity index (χ1v) is 10.7. The van der Waals surface area contributed by atoms with Crippen molar-refractivity contribution in [1.82, 2.24) is 10.2 Å². The van der Waals surface area contributed by atoms with Crippen LogP contribution in [0.5, 0.6) is 11.5 Å². The predicted octanol–water partition coefficient (Wildman–Crippen LogP) is 0.774. The standard InChI is InChI=1S/C16H24N2O3.C6H8O7/c1-4-18(5-2)11-10-17-15(19)12-16(3)20-13-8-6-7-9-14(13)21-16;7-3(8)1-6(13,5(11)12)2-4(9)10/h6-9H,4-5,10-12H2,1-3H3,(H,17,19);13H,1-2H2,(H,7,8)(H,9,10)(H,11,12). The van der Waals surface area contributed by atoms with Crippen LogP contribution in [0.15, 0.2) is 24.3 Å². The van der Waals surface area contributed by atoms with Crippen LogP contribution >= 0.6 is 0 Å². The summed E-state index contributed by atoms with van der Waals surface area (Å²) in [6.07, 6.45) is -2.11. The highest BCUT2D eigenvalue weighted by Crippen LogP contribution is 2.40. The minimum atomic E-state index is -2.74. The Bertz CT molecular complexity index is 828. The van der Waals surface area contributed by atoms with E-state index in [-0.39, 0.29) is 12.3 Å². The van der Waals surface area contributed by atoms with Crippen LogP contribution in [-0.2, 0) is 19.2 Å². The zero-order valence-electron chi connectivity index (χ0n) is 19.4. The molecule has 0 fully saturated rings. The molecule has 0 saturated heterocycles. The Morgan fingerprint density at radius 2 is 1.44 bits per heavy atom. The Kier molecular flexibility index (Phi) is 10.7. The van der Waals surface area contributed by atoms with E-state index in [2.05, 4.69) is 24.1 Å². The maximum atomic E-state index is 12.0. The summed E-state index contributed by atoms with van der Waals surface area (Å²) in [6, 6.07) is 7.47. The molecule has 0 atom stereocenters. The van der Waals surface area contributed by atoms with Gasteiger partial charge in [0, 0.05) is 20.0 Å². The summed E-state index contributed by atoms with van der Waals surface area (Å²) in [5.41, 5.74) is -2.74. The summed E-state index contributed by atoms with van der Waals surface area (Å²) in [5, 5.41) is 36.7. The van der Waals surface area contributed by atoms with Crippen LogP contribution in [0, 0.1) is 0 Å². The van der Waals surface area contributed by atoms with Gasteiger partial charge >= 0.3 is 17.9 Å². The van der Waals surface area contributed by atoms with Gasteiger partial charge in [0.1, 0.15) is 6.42 Å². The molecule has 5 N–H and O–H groups in total. The number of hydrogen-bond donors (Lipinski definition) is 5. The number of benzene rings is 1. The maximum absolute atomic E-state index is 12.0. The molecule has 2 rings (SSSR count). The molecule has 1 aliphatic heterocycles. The quantitative estimate of drug-likeness (QED) is 0.282. The van der Waals surface area contributed by atoms with E-state index >= 15 is 0 Å². The number of carbonyl (C=O) groups excluding carboxylic acids is 1. The molecule has 12 heteroatoms. The summed E-state index contributed by atoms with van der Waals surface area (Å²) in [4.78, 5) is 44.8. The lowest BCUT2D eigenvalue weighted by Gasteiger charge is -2.23. The Morgan fingerprint density at radius 1 is 0.971 bits per heavy atom. The number of aliphatic carboxylic acids is 3. The van der Waals surface area contributed by atoms with Gasteiger partial charge in [0.25, 0.3) is 5.79 Å². The lowest BCUT2D eigenvalue weighted by atomic mass is 9.96. The second-order valence-electron chi connectivity index (χ2n) is 7.82. The van der Waals surface area contributed by atoms with Gasteiger partial charge in [0.05, 0.1) is 12.8 Å². The van der Waals surface area contributed by atoms with Gasteiger partial charge in [-0.3, -0.25) is 14.4 Å². The molecule has 1 aromatic carbocycles. The van der Waals surface area contributed by atoms with Crippen molar-refractivity contribution in [3.8, 4) is 11.5 Å². The minimum absolute atomic E-state index is 0.0579. The van der Waals surface area contributed by atoms with Gasteiger partial charge in [-0.2, -0.15) is 0 Å². The van der Waals surface area contributed by atoms with Crippen molar-refractivity contribution in [2.24, 2.45) is 0 Å². The first-order chi connectivity index (χ1) is 15.8. The van der Waals surface area contributed by atoms with E-state index in [4.69, 9.17) is 29.9 Å². The zero-order chi connectivity index (χ0) is 25.9. The topological polar surface area (TPSA) is 183 Å². The molecule has 12 nitrogen and oxygen atoms in total. The number of para-hydroxylation sites is 2. The zero-order valence-corrected chi connectivity index (χ0v) is 19.4. The number of carboxylic acids is 3. The van der Waals surface area contributed by atoms with Crippen LogP contribution in [0.3, 0.4) is 0 Å². The molecule has 0 spiro atoms. The van der Waals surface area contributed by atoms with Crippen molar-refractivity contribution in [3.05, 3.63) is 24.3 Å². The lowest BCUT2D eigenvalue weighted by Crippen LogP contribution is -2.42. The monoisotopic (exact) mass is 484 g/mol. The van der Waals surface area contributed by atoms with Gasteiger partial charge in [0.15, 0.2) is 17.1 Å². The number of nitrogens with one attached hydrogen (secondary N) is 1. The SMILES string of the molecule is CCN(CC)CCNC(=O)CC1(C)Oc2ccccc2O1.O=C(O)CC(O)(CC(=O)O)C(=O)O. The fourth-order valence-electron chi connectivity index (χ4n) is 3.14. The predicted molar refractivity (Wildman–Crippen MR) is 119 cm³/mol. The van der Waals surface area contributed by atoms with Crippen LogP contribution in [0.1, 0.15) is 40.0 Å². The van der Waals surface area contributed by atoms with Gasteiger partial charge in [-0.05, 0) is 25.2 Å². The Morgan fingerprint density at radius 3 is 1.82 bits per heavy atom. The molecule has 190 valence electrons. The molecule has 0 aromatic heterocycles. The second kappa shape index (κ2) is 12.8. The average Bonchev–Trinajstić information content (AvgIpc) is 3.05. The lowest BCUT2D eigenvalue weighted by molar-refractivity contribution is -0.170. The van der Waals surface area contributed by atoms with Crippen molar-refractivity contribution in [3.63, 3.8) is 0 Å². The number of likely N-dealkylation sites (N-methyl/N-ethyl adjacent to an activating group) is 1. The number of fused-ring (bicyclic) bond motifs is 1. The minimum Gasteiger partial charge on any atom is -0.481 e. The smallest absolute Gasteiger partial charge is 0.336 e. The molecule has 34 heavy (non-hydrogen) atoms. The molecule has 0 unspecified atom stereocenters. The number of hydrogen-bond acceptors (Lipinski definition) is 8. The summed E-state index contributed by atoms with van der Waals surface area (Å²) in [5.74, 6) is -4.61. The van der Waals surface area contributed by atoms with Crippen LogP contribution in [-0.4, -0.2) is 86.7 Å². The number of nitrogens with zero attached hydrogens (tertiary/aromatic N) is 1. The number of rotatable bonds is 12. The molecule has 0 bridgehead atoms. The molecular weight excluding hydrogens is 452 g/mol. The van der Waals surface area contributed by atoms with E-state index in [9.17, 15) is 19.2 Å². The van der Waals surface area contributed by atoms with E-state index in [1.165, 1.54) is 0 Å². The van der Waals surface area contributed by atoms with Crippen molar-refractivity contribution in [2.45, 2.75) is 51.4 Å². The van der Waals surface area contributed by atoms with Gasteiger partial charge < -0.3 is 40.1 Å². The molecule has 0 radical (unpaired) electrons. The summed E-state index contributed by atoms with van der Waals surface area (Å²) in [7, 11) is 0. The molecule has 1 amide bonds. The molecule has 1 heterocycles. The van der Waals surface area contributed by atoms with Gasteiger partial charge in [-0.15, -0.1) is 0 Å². The molecule has 1 aromatic rings. The fourth-order valence-corrected chi connectivity index (χ4v) is 3.14. The Hall–Kier alpha value is -3.38. The first-order valence-electron chi connectivity index (χ1n) is 10.7. The number of carboxylic acid groups (broad SMARTS) is 3. The van der Waals surface area contributed by atoms with Gasteiger partial charge in [0.2, 0.25) is 5.91 Å². The highest BCUT2D eigenvalue weighted by Gasteiger charge is 2.41. The maximum Gasteiger partial charge on any atom is 0.336 e. The second-order valence-corrected chi connectivity index (χ2v) is 7.82. The normalized spacial score (nSPS) is 13.6. The molecule has 0 aliphatic carbocycles. The molecule has 1 aliphatic rings. The van der Waals surface area contributed by atoms with Crippen LogP contribution < -0.4 is 14.8 Å². The van der Waals surface area contributed by atoms with Crippen molar-refractivity contribution >= 4 is 23.8 Å². The molecular formula is C22H32N2O10. The third-order valence-corrected chi connectivity index (χ3v) is 4.91. The van der Waals surface area contributed by atoms with E-state index in [0.717, 1.165) is 19.6 Å². The van der Waals surface area contributed by atoms with E-state index in [1.54, 1.807) is 6.92 Å². The average molecular weight is 485 g/mol. The number of ether oxygens (including phenoxy) is 2. The fraction of sp³-hybridized carbons (Fsp3) is 0.545. The van der Waals surface area contributed by atoms with Crippen molar-refractivity contribution < 1.29 is 49.1 Å². The summed E-state index contributed by atoms with van der Waals surface area (Å²) < 4.78 is 11.5. The highest BCUT2D eigenvalue weighted by molar-refractivity contribution is 5.88. The number of carbonyl (C=O) groups is 4. The van der Waals surface area contributed by atoms with Crippen molar-refractivity contribution in [1.29, 1.82) is 0 Å². The summed E-state index contributed by atoms with van der Waals surface area (Å²) >= 11 is 0. The number of aliphatic hydroxyl groups is 1. The van der Waals surface area contributed by atoms with Gasteiger partial charge in [-0.25, -0.2) is 4.79 Å². The third kappa shape index (κ3) is 9.24. The number of amides is 1. The Labute approximate surface area is 197 Å².